The number of benzene rings is 1. The lowest BCUT2D eigenvalue weighted by atomic mass is 10.2. The normalized spacial score (nSPS) is 13.1. The molecule has 0 amide bonds. The van der Waals surface area contributed by atoms with E-state index in [4.69, 9.17) is 4.42 Å². The van der Waals surface area contributed by atoms with Crippen LogP contribution in [0.15, 0.2) is 74.9 Å². The first-order valence-electron chi connectivity index (χ1n) is 6.84. The Kier molecular flexibility index (Phi) is 4.65. The number of sulfonamides is 1. The Balaban J connectivity index is 1.84. The van der Waals surface area contributed by atoms with E-state index in [1.165, 1.54) is 0 Å². The number of nitrogens with zero attached hydrogens (tertiary/aromatic N) is 2. The summed E-state index contributed by atoms with van der Waals surface area (Å²) in [6, 6.07) is 11.6. The van der Waals surface area contributed by atoms with Crippen LogP contribution in [0.1, 0.15) is 11.8 Å². The van der Waals surface area contributed by atoms with Crippen molar-refractivity contribution in [2.75, 3.05) is 6.54 Å². The van der Waals surface area contributed by atoms with Crippen LogP contribution in [0, 0.1) is 0 Å². The van der Waals surface area contributed by atoms with Crippen molar-refractivity contribution in [3.8, 4) is 0 Å². The third-order valence-electron chi connectivity index (χ3n) is 3.31. The highest BCUT2D eigenvalue weighted by Crippen LogP contribution is 2.22. The van der Waals surface area contributed by atoms with Crippen LogP contribution >= 0.6 is 15.9 Å². The average molecular weight is 396 g/mol. The Labute approximate surface area is 142 Å². The van der Waals surface area contributed by atoms with Crippen molar-refractivity contribution in [3.63, 3.8) is 0 Å². The van der Waals surface area contributed by atoms with E-state index in [1.54, 1.807) is 65.8 Å². The Morgan fingerprint density at radius 3 is 2.70 bits per heavy atom. The van der Waals surface area contributed by atoms with E-state index in [2.05, 4.69) is 25.8 Å². The zero-order valence-electron chi connectivity index (χ0n) is 12.0. The standard InChI is InChI=1S/C15H14BrN3O3S/c16-12-5-1-2-7-15(12)23(20,21)18-11-13(14-6-3-10-22-14)19-9-4-8-17-19/h1-10,13,18H,11H2/t13-/m1/s1. The molecule has 1 N–H and O–H groups in total. The van der Waals surface area contributed by atoms with Gasteiger partial charge in [-0.3, -0.25) is 4.68 Å². The maximum Gasteiger partial charge on any atom is 0.241 e. The third kappa shape index (κ3) is 3.54. The van der Waals surface area contributed by atoms with Crippen molar-refractivity contribution in [1.82, 2.24) is 14.5 Å². The molecule has 0 aliphatic heterocycles. The second kappa shape index (κ2) is 6.69. The van der Waals surface area contributed by atoms with E-state index < -0.39 is 10.0 Å². The number of rotatable bonds is 6. The molecular weight excluding hydrogens is 382 g/mol. The highest BCUT2D eigenvalue weighted by molar-refractivity contribution is 9.10. The highest BCUT2D eigenvalue weighted by atomic mass is 79.9. The van der Waals surface area contributed by atoms with E-state index in [-0.39, 0.29) is 17.5 Å². The molecule has 0 unspecified atom stereocenters. The van der Waals surface area contributed by atoms with Crippen LogP contribution in [-0.2, 0) is 10.0 Å². The van der Waals surface area contributed by atoms with Gasteiger partial charge in [-0.2, -0.15) is 5.10 Å². The zero-order valence-corrected chi connectivity index (χ0v) is 14.4. The summed E-state index contributed by atoms with van der Waals surface area (Å²) >= 11 is 3.26. The van der Waals surface area contributed by atoms with E-state index in [1.807, 2.05) is 0 Å². The summed E-state index contributed by atoms with van der Waals surface area (Å²) in [6.07, 6.45) is 4.95. The van der Waals surface area contributed by atoms with Gasteiger partial charge >= 0.3 is 0 Å². The first kappa shape index (κ1) is 16.0. The molecule has 1 aromatic carbocycles. The molecule has 0 aliphatic carbocycles. The van der Waals surface area contributed by atoms with Crippen LogP contribution in [0.4, 0.5) is 0 Å². The maximum absolute atomic E-state index is 12.5. The van der Waals surface area contributed by atoms with Crippen molar-refractivity contribution in [3.05, 3.63) is 71.4 Å². The third-order valence-corrected chi connectivity index (χ3v) is 5.74. The largest absolute Gasteiger partial charge is 0.467 e. The minimum absolute atomic E-state index is 0.124. The molecule has 2 aromatic heterocycles. The minimum atomic E-state index is -3.65. The second-order valence-electron chi connectivity index (χ2n) is 4.80. The molecule has 0 spiro atoms. The van der Waals surface area contributed by atoms with Gasteiger partial charge in [-0.15, -0.1) is 0 Å². The molecule has 8 heteroatoms. The first-order chi connectivity index (χ1) is 11.1. The smallest absolute Gasteiger partial charge is 0.241 e. The van der Waals surface area contributed by atoms with E-state index in [0.29, 0.717) is 10.2 Å². The fourth-order valence-electron chi connectivity index (χ4n) is 2.20. The number of furan rings is 1. The van der Waals surface area contributed by atoms with Gasteiger partial charge in [0.1, 0.15) is 11.8 Å². The van der Waals surface area contributed by atoms with E-state index >= 15 is 0 Å². The predicted molar refractivity (Wildman–Crippen MR) is 88.4 cm³/mol. The molecule has 3 rings (SSSR count). The van der Waals surface area contributed by atoms with Gasteiger partial charge in [0.15, 0.2) is 0 Å². The first-order valence-corrected chi connectivity index (χ1v) is 9.12. The molecule has 23 heavy (non-hydrogen) atoms. The van der Waals surface area contributed by atoms with Crippen LogP contribution < -0.4 is 4.72 Å². The summed E-state index contributed by atoms with van der Waals surface area (Å²) in [5.41, 5.74) is 0. The summed E-state index contributed by atoms with van der Waals surface area (Å²) in [7, 11) is -3.65. The van der Waals surface area contributed by atoms with Crippen molar-refractivity contribution >= 4 is 26.0 Å². The van der Waals surface area contributed by atoms with E-state index in [9.17, 15) is 8.42 Å². The van der Waals surface area contributed by atoms with Gasteiger partial charge in [0.05, 0.1) is 11.2 Å². The molecule has 0 bridgehead atoms. The van der Waals surface area contributed by atoms with Crippen LogP contribution in [-0.4, -0.2) is 24.7 Å². The Bertz CT molecular complexity index is 827. The van der Waals surface area contributed by atoms with Crippen molar-refractivity contribution in [2.24, 2.45) is 0 Å². The topological polar surface area (TPSA) is 77.1 Å². The average Bonchev–Trinajstić information content (AvgIpc) is 3.21. The molecule has 0 saturated heterocycles. The Hall–Kier alpha value is -1.90. The summed E-state index contributed by atoms with van der Waals surface area (Å²) in [5, 5.41) is 4.18. The lowest BCUT2D eigenvalue weighted by Gasteiger charge is -2.16. The van der Waals surface area contributed by atoms with E-state index in [0.717, 1.165) is 0 Å². The second-order valence-corrected chi connectivity index (χ2v) is 7.39. The lowest BCUT2D eigenvalue weighted by Crippen LogP contribution is -2.31. The fraction of sp³-hybridized carbons (Fsp3) is 0.133. The van der Waals surface area contributed by atoms with Gasteiger partial charge in [0.25, 0.3) is 0 Å². The molecule has 3 aromatic rings. The lowest BCUT2D eigenvalue weighted by molar-refractivity contribution is 0.402. The zero-order chi connectivity index (χ0) is 16.3. The van der Waals surface area contributed by atoms with Gasteiger partial charge < -0.3 is 4.42 Å². The molecule has 6 nitrogen and oxygen atoms in total. The number of halogens is 1. The van der Waals surface area contributed by atoms with Crippen LogP contribution in [0.5, 0.6) is 0 Å². The van der Waals surface area contributed by atoms with Gasteiger partial charge in [-0.1, -0.05) is 12.1 Å². The molecule has 0 radical (unpaired) electrons. The number of aromatic nitrogens is 2. The van der Waals surface area contributed by atoms with Gasteiger partial charge in [0.2, 0.25) is 10.0 Å². The SMILES string of the molecule is O=S(=O)(NC[C@H](c1ccco1)n1cccn1)c1ccccc1Br. The Morgan fingerprint density at radius 2 is 2.04 bits per heavy atom. The van der Waals surface area contributed by atoms with Crippen LogP contribution in [0.3, 0.4) is 0 Å². The molecule has 0 saturated carbocycles. The van der Waals surface area contributed by atoms with Crippen molar-refractivity contribution in [1.29, 1.82) is 0 Å². The molecule has 2 heterocycles. The maximum atomic E-state index is 12.5. The van der Waals surface area contributed by atoms with Crippen molar-refractivity contribution < 1.29 is 12.8 Å². The molecule has 0 fully saturated rings. The molecule has 120 valence electrons. The van der Waals surface area contributed by atoms with Crippen LogP contribution in [0.25, 0.3) is 0 Å². The summed E-state index contributed by atoms with van der Waals surface area (Å²) in [6.45, 7) is 0.124. The molecule has 0 aliphatic rings. The summed E-state index contributed by atoms with van der Waals surface area (Å²) < 4.78 is 35.2. The number of hydrogen-bond donors (Lipinski definition) is 1. The predicted octanol–water partition coefficient (Wildman–Crippen LogP) is 2.81. The highest BCUT2D eigenvalue weighted by Gasteiger charge is 2.22. The molecular formula is C15H14BrN3O3S. The molecule has 1 atom stereocenters. The number of nitrogens with one attached hydrogen (secondary N) is 1. The number of hydrogen-bond acceptors (Lipinski definition) is 4. The van der Waals surface area contributed by atoms with Crippen molar-refractivity contribution in [2.45, 2.75) is 10.9 Å². The van der Waals surface area contributed by atoms with Gasteiger partial charge in [-0.25, -0.2) is 13.1 Å². The van der Waals surface area contributed by atoms with Gasteiger partial charge in [-0.05, 0) is 46.3 Å². The summed E-state index contributed by atoms with van der Waals surface area (Å²) in [4.78, 5) is 0.193. The summed E-state index contributed by atoms with van der Waals surface area (Å²) in [5.74, 6) is 0.628. The minimum Gasteiger partial charge on any atom is -0.467 e. The van der Waals surface area contributed by atoms with Gasteiger partial charge in [0, 0.05) is 23.4 Å². The monoisotopic (exact) mass is 395 g/mol. The quantitative estimate of drug-likeness (QED) is 0.695. The van der Waals surface area contributed by atoms with Crippen LogP contribution in [0.2, 0.25) is 0 Å². The Morgan fingerprint density at radius 1 is 1.22 bits per heavy atom. The fourth-order valence-corrected chi connectivity index (χ4v) is 4.24.